The Labute approximate surface area is 182 Å². The van der Waals surface area contributed by atoms with Gasteiger partial charge in [-0.3, -0.25) is 4.79 Å². The molecule has 2 aromatic heterocycles. The number of H-pyrrole nitrogens is 2. The topological polar surface area (TPSA) is 128 Å². The third-order valence-corrected chi connectivity index (χ3v) is 7.11. The molecule has 0 spiro atoms. The molecule has 0 atom stereocenters. The minimum Gasteiger partial charge on any atom is -0.397 e. The molecule has 0 amide bonds. The summed E-state index contributed by atoms with van der Waals surface area (Å²) in [5, 5.41) is 0.145. The number of anilines is 2. The van der Waals surface area contributed by atoms with E-state index in [2.05, 4.69) is 19.9 Å². The van der Waals surface area contributed by atoms with Gasteiger partial charge in [0, 0.05) is 31.9 Å². The minimum atomic E-state index is -3.20. The summed E-state index contributed by atoms with van der Waals surface area (Å²) in [6.45, 7) is 1.96. The molecule has 0 radical (unpaired) electrons. The van der Waals surface area contributed by atoms with Crippen molar-refractivity contribution in [2.75, 3.05) is 43.1 Å². The predicted molar refractivity (Wildman–Crippen MR) is 123 cm³/mol. The van der Waals surface area contributed by atoms with E-state index < -0.39 is 21.4 Å². The fourth-order valence-corrected chi connectivity index (χ4v) is 4.99. The van der Waals surface area contributed by atoms with Gasteiger partial charge in [0.05, 0.1) is 33.9 Å². The van der Waals surface area contributed by atoms with Crippen molar-refractivity contribution < 1.29 is 12.8 Å². The first kappa shape index (κ1) is 20.5. The molecular formula is C21H21FN6O3S. The summed E-state index contributed by atoms with van der Waals surface area (Å²) in [7, 11) is -3.20. The Bertz CT molecular complexity index is 1520. The molecule has 1 saturated heterocycles. The predicted octanol–water partition coefficient (Wildman–Crippen LogP) is 1.87. The van der Waals surface area contributed by atoms with Crippen LogP contribution in [0.15, 0.2) is 41.2 Å². The van der Waals surface area contributed by atoms with Gasteiger partial charge in [0.15, 0.2) is 0 Å². The van der Waals surface area contributed by atoms with Crippen molar-refractivity contribution in [2.24, 2.45) is 0 Å². The molecule has 166 valence electrons. The Morgan fingerprint density at radius 2 is 1.81 bits per heavy atom. The standard InChI is InChI=1S/C21H21FN6O3S/c1-32(30,31)28-9-7-27(8-10-28)12-5-6-14-16(11-12)25-20(24-14)18-19(23)17-13(22)3-2-4-15(17)26-21(18)29/h2-6,11H,7-10H2,1H3,(H,24,25)(H3,23,26,29). The zero-order chi connectivity index (χ0) is 22.6. The largest absolute Gasteiger partial charge is 0.397 e. The van der Waals surface area contributed by atoms with Crippen LogP contribution in [0, 0.1) is 5.82 Å². The monoisotopic (exact) mass is 456 g/mol. The van der Waals surface area contributed by atoms with Gasteiger partial charge in [0.1, 0.15) is 17.2 Å². The number of rotatable bonds is 3. The van der Waals surface area contributed by atoms with E-state index in [1.807, 2.05) is 18.2 Å². The molecule has 4 N–H and O–H groups in total. The highest BCUT2D eigenvalue weighted by Crippen LogP contribution is 2.31. The second-order valence-corrected chi connectivity index (χ2v) is 9.82. The van der Waals surface area contributed by atoms with Crippen molar-refractivity contribution in [3.8, 4) is 11.4 Å². The fraction of sp³-hybridized carbons (Fsp3) is 0.238. The SMILES string of the molecule is CS(=O)(=O)N1CCN(c2ccc3nc(-c4c(N)c5c(F)cccc5[nH]c4=O)[nH]c3c2)CC1. The Balaban J connectivity index is 1.52. The lowest BCUT2D eigenvalue weighted by molar-refractivity contribution is 0.388. The summed E-state index contributed by atoms with van der Waals surface area (Å²) >= 11 is 0. The van der Waals surface area contributed by atoms with Gasteiger partial charge in [-0.15, -0.1) is 0 Å². The van der Waals surface area contributed by atoms with Crippen molar-refractivity contribution in [1.29, 1.82) is 0 Å². The molecule has 0 aliphatic carbocycles. The number of piperazine rings is 1. The molecule has 1 aliphatic heterocycles. The van der Waals surface area contributed by atoms with E-state index >= 15 is 0 Å². The highest BCUT2D eigenvalue weighted by molar-refractivity contribution is 7.88. The number of nitrogens with one attached hydrogen (secondary N) is 2. The van der Waals surface area contributed by atoms with E-state index in [1.165, 1.54) is 22.7 Å². The molecule has 0 saturated carbocycles. The van der Waals surface area contributed by atoms with E-state index in [1.54, 1.807) is 6.07 Å². The number of nitrogens with two attached hydrogens (primary N) is 1. The van der Waals surface area contributed by atoms with E-state index in [4.69, 9.17) is 5.73 Å². The third kappa shape index (κ3) is 3.39. The average Bonchev–Trinajstić information content (AvgIpc) is 3.15. The van der Waals surface area contributed by atoms with Crippen molar-refractivity contribution in [2.45, 2.75) is 0 Å². The molecular weight excluding hydrogens is 435 g/mol. The van der Waals surface area contributed by atoms with Crippen molar-refractivity contribution >= 4 is 43.3 Å². The highest BCUT2D eigenvalue weighted by Gasteiger charge is 2.24. The van der Waals surface area contributed by atoms with Crippen LogP contribution in [-0.4, -0.2) is 60.1 Å². The lowest BCUT2D eigenvalue weighted by atomic mass is 10.1. The number of halogens is 1. The number of aromatic nitrogens is 3. The molecule has 5 rings (SSSR count). The van der Waals surface area contributed by atoms with Crippen LogP contribution >= 0.6 is 0 Å². The summed E-state index contributed by atoms with van der Waals surface area (Å²) in [5.41, 5.74) is 8.39. The Hall–Kier alpha value is -3.44. The number of imidazole rings is 1. The average molecular weight is 457 g/mol. The zero-order valence-corrected chi connectivity index (χ0v) is 18.0. The fourth-order valence-electron chi connectivity index (χ4n) is 4.16. The van der Waals surface area contributed by atoms with E-state index in [9.17, 15) is 17.6 Å². The maximum Gasteiger partial charge on any atom is 0.261 e. The lowest BCUT2D eigenvalue weighted by Gasteiger charge is -2.34. The van der Waals surface area contributed by atoms with Crippen molar-refractivity contribution in [3.63, 3.8) is 0 Å². The molecule has 32 heavy (non-hydrogen) atoms. The number of hydrogen-bond donors (Lipinski definition) is 3. The van der Waals surface area contributed by atoms with Crippen LogP contribution in [-0.2, 0) is 10.0 Å². The van der Waals surface area contributed by atoms with Gasteiger partial charge in [-0.25, -0.2) is 17.8 Å². The minimum absolute atomic E-state index is 0.0260. The number of nitrogens with zero attached hydrogens (tertiary/aromatic N) is 3. The highest BCUT2D eigenvalue weighted by atomic mass is 32.2. The summed E-state index contributed by atoms with van der Waals surface area (Å²) in [6, 6.07) is 10.00. The van der Waals surface area contributed by atoms with Crippen LogP contribution in [0.25, 0.3) is 33.3 Å². The van der Waals surface area contributed by atoms with Crippen LogP contribution in [0.3, 0.4) is 0 Å². The maximum atomic E-state index is 14.4. The van der Waals surface area contributed by atoms with Gasteiger partial charge >= 0.3 is 0 Å². The number of hydrogen-bond acceptors (Lipinski definition) is 6. The Morgan fingerprint density at radius 1 is 1.06 bits per heavy atom. The molecule has 3 heterocycles. The van der Waals surface area contributed by atoms with Gasteiger partial charge in [-0.1, -0.05) is 6.07 Å². The number of benzene rings is 2. The molecule has 2 aromatic carbocycles. The van der Waals surface area contributed by atoms with Gasteiger partial charge in [-0.05, 0) is 30.3 Å². The van der Waals surface area contributed by atoms with Crippen LogP contribution in [0.2, 0.25) is 0 Å². The third-order valence-electron chi connectivity index (χ3n) is 5.80. The van der Waals surface area contributed by atoms with Crippen LogP contribution in [0.5, 0.6) is 0 Å². The van der Waals surface area contributed by atoms with Crippen molar-refractivity contribution in [3.05, 3.63) is 52.6 Å². The summed E-state index contributed by atoms with van der Waals surface area (Å²) in [5.74, 6) is -0.271. The van der Waals surface area contributed by atoms with Crippen molar-refractivity contribution in [1.82, 2.24) is 19.3 Å². The number of sulfonamides is 1. The second kappa shape index (κ2) is 7.31. The summed E-state index contributed by atoms with van der Waals surface area (Å²) in [6.07, 6.45) is 1.22. The maximum absolute atomic E-state index is 14.4. The number of pyridine rings is 1. The van der Waals surface area contributed by atoms with Crippen LogP contribution < -0.4 is 16.2 Å². The molecule has 9 nitrogen and oxygen atoms in total. The Morgan fingerprint density at radius 3 is 2.53 bits per heavy atom. The van der Waals surface area contributed by atoms with Gasteiger partial charge in [0.2, 0.25) is 10.0 Å². The molecule has 1 aliphatic rings. The molecule has 4 aromatic rings. The van der Waals surface area contributed by atoms with Crippen LogP contribution in [0.4, 0.5) is 15.8 Å². The van der Waals surface area contributed by atoms with Crippen LogP contribution in [0.1, 0.15) is 0 Å². The first-order chi connectivity index (χ1) is 15.2. The molecule has 11 heteroatoms. The normalized spacial score (nSPS) is 15.6. The van der Waals surface area contributed by atoms with Gasteiger partial charge in [0.25, 0.3) is 5.56 Å². The lowest BCUT2D eigenvalue weighted by Crippen LogP contribution is -2.48. The summed E-state index contributed by atoms with van der Waals surface area (Å²) in [4.78, 5) is 25.1. The van der Waals surface area contributed by atoms with Gasteiger partial charge in [-0.2, -0.15) is 4.31 Å². The second-order valence-electron chi connectivity index (χ2n) is 7.84. The summed E-state index contributed by atoms with van der Waals surface area (Å²) < 4.78 is 39.3. The number of aromatic amines is 2. The van der Waals surface area contributed by atoms with E-state index in [-0.39, 0.29) is 22.5 Å². The molecule has 0 unspecified atom stereocenters. The first-order valence-corrected chi connectivity index (χ1v) is 11.9. The Kier molecular flexibility index (Phi) is 4.68. The molecule has 1 fully saturated rings. The van der Waals surface area contributed by atoms with Gasteiger partial charge < -0.3 is 20.6 Å². The zero-order valence-electron chi connectivity index (χ0n) is 17.2. The first-order valence-electron chi connectivity index (χ1n) is 10.0. The number of fused-ring (bicyclic) bond motifs is 2. The smallest absolute Gasteiger partial charge is 0.261 e. The van der Waals surface area contributed by atoms with E-state index in [0.717, 1.165) is 5.69 Å². The number of nitrogen functional groups attached to an aromatic ring is 1. The molecule has 0 bridgehead atoms. The van der Waals surface area contributed by atoms with E-state index in [0.29, 0.717) is 42.7 Å². The quantitative estimate of drug-likeness (QED) is 0.432.